The minimum absolute atomic E-state index is 0.0298. The first kappa shape index (κ1) is 14.6. The molecule has 0 bridgehead atoms. The van der Waals surface area contributed by atoms with Gasteiger partial charge in [0.25, 0.3) is 0 Å². The Labute approximate surface area is 110 Å². The van der Waals surface area contributed by atoms with Crippen LogP contribution in [0, 0.1) is 0 Å². The van der Waals surface area contributed by atoms with E-state index < -0.39 is 0 Å². The van der Waals surface area contributed by atoms with E-state index >= 15 is 0 Å². The second-order valence-electron chi connectivity index (χ2n) is 5.19. The number of ether oxygens (including phenoxy) is 1. The zero-order valence-electron chi connectivity index (χ0n) is 12.0. The maximum Gasteiger partial charge on any atom is 0.338 e. The molecule has 0 saturated heterocycles. The minimum Gasteiger partial charge on any atom is -0.462 e. The average molecular weight is 249 g/mol. The summed E-state index contributed by atoms with van der Waals surface area (Å²) in [5.74, 6) is -0.260. The Hall–Kier alpha value is -1.51. The summed E-state index contributed by atoms with van der Waals surface area (Å²) in [6.45, 7) is 11.7. The summed E-state index contributed by atoms with van der Waals surface area (Å²) >= 11 is 0. The zero-order valence-corrected chi connectivity index (χ0v) is 12.0. The van der Waals surface area contributed by atoms with Crippen LogP contribution in [-0.2, 0) is 4.74 Å². The Morgan fingerprint density at radius 2 is 1.94 bits per heavy atom. The van der Waals surface area contributed by atoms with E-state index in [9.17, 15) is 4.79 Å². The van der Waals surface area contributed by atoms with Crippen molar-refractivity contribution in [1.82, 2.24) is 0 Å². The number of anilines is 1. The first-order valence-electron chi connectivity index (χ1n) is 6.45. The molecule has 3 heteroatoms. The summed E-state index contributed by atoms with van der Waals surface area (Å²) in [5.41, 5.74) is 1.69. The van der Waals surface area contributed by atoms with Gasteiger partial charge in [-0.3, -0.25) is 0 Å². The molecule has 0 aliphatic rings. The molecule has 18 heavy (non-hydrogen) atoms. The molecule has 100 valence electrons. The van der Waals surface area contributed by atoms with Gasteiger partial charge in [0.05, 0.1) is 12.2 Å². The van der Waals surface area contributed by atoms with Gasteiger partial charge in [-0.15, -0.1) is 0 Å². The number of nitrogens with zero attached hydrogens (tertiary/aromatic N) is 1. The number of carbonyl (C=O) groups is 1. The van der Waals surface area contributed by atoms with Gasteiger partial charge in [0.2, 0.25) is 0 Å². The van der Waals surface area contributed by atoms with Crippen LogP contribution in [0.2, 0.25) is 0 Å². The largest absolute Gasteiger partial charge is 0.462 e. The van der Waals surface area contributed by atoms with Gasteiger partial charge in [0.15, 0.2) is 0 Å². The van der Waals surface area contributed by atoms with Crippen LogP contribution in [0.5, 0.6) is 0 Å². The summed E-state index contributed by atoms with van der Waals surface area (Å²) in [5, 5.41) is 0. The molecule has 0 fully saturated rings. The monoisotopic (exact) mass is 249 g/mol. The first-order chi connectivity index (χ1) is 8.40. The molecule has 1 aromatic carbocycles. The normalized spacial score (nSPS) is 11.2. The molecular weight excluding hydrogens is 226 g/mol. The van der Waals surface area contributed by atoms with E-state index in [0.717, 1.165) is 12.2 Å². The van der Waals surface area contributed by atoms with Gasteiger partial charge in [-0.2, -0.15) is 0 Å². The maximum absolute atomic E-state index is 11.7. The fraction of sp³-hybridized carbons (Fsp3) is 0.533. The van der Waals surface area contributed by atoms with Crippen molar-refractivity contribution < 1.29 is 9.53 Å². The molecule has 0 radical (unpaired) electrons. The number of hydrogen-bond acceptors (Lipinski definition) is 3. The zero-order chi connectivity index (χ0) is 13.8. The molecule has 0 N–H and O–H groups in total. The molecule has 0 unspecified atom stereocenters. The highest BCUT2D eigenvalue weighted by Gasteiger charge is 2.20. The van der Waals surface area contributed by atoms with Gasteiger partial charge in [-0.1, -0.05) is 6.07 Å². The minimum atomic E-state index is -0.260. The topological polar surface area (TPSA) is 29.5 Å². The van der Waals surface area contributed by atoms with Crippen LogP contribution < -0.4 is 4.90 Å². The van der Waals surface area contributed by atoms with Crippen molar-refractivity contribution in [3.63, 3.8) is 0 Å². The average Bonchev–Trinajstić information content (AvgIpc) is 2.29. The highest BCUT2D eigenvalue weighted by Crippen LogP contribution is 2.24. The summed E-state index contributed by atoms with van der Waals surface area (Å²) in [7, 11) is 0. The number of rotatable bonds is 4. The molecule has 0 atom stereocenters. The summed E-state index contributed by atoms with van der Waals surface area (Å²) < 4.78 is 5.02. The lowest BCUT2D eigenvalue weighted by Gasteiger charge is -2.37. The Balaban J connectivity index is 3.04. The Kier molecular flexibility index (Phi) is 4.76. The lowest BCUT2D eigenvalue weighted by atomic mass is 10.0. The van der Waals surface area contributed by atoms with Crippen LogP contribution in [-0.4, -0.2) is 24.7 Å². The highest BCUT2D eigenvalue weighted by molar-refractivity contribution is 5.90. The van der Waals surface area contributed by atoms with Crippen LogP contribution in [0.15, 0.2) is 24.3 Å². The molecule has 3 nitrogen and oxygen atoms in total. The summed E-state index contributed by atoms with van der Waals surface area (Å²) in [4.78, 5) is 14.0. The Bertz CT molecular complexity index is 407. The van der Waals surface area contributed by atoms with Crippen molar-refractivity contribution in [3.05, 3.63) is 29.8 Å². The third kappa shape index (κ3) is 3.49. The SMILES string of the molecule is CCOC(=O)c1cccc(N(CC)C(C)(C)C)c1. The molecule has 1 aromatic rings. The fourth-order valence-corrected chi connectivity index (χ4v) is 2.06. The number of esters is 1. The van der Waals surface area contributed by atoms with Crippen molar-refractivity contribution in [1.29, 1.82) is 0 Å². The third-order valence-corrected chi connectivity index (χ3v) is 2.79. The molecule has 0 heterocycles. The molecule has 0 spiro atoms. The van der Waals surface area contributed by atoms with Gasteiger partial charge < -0.3 is 9.64 Å². The number of hydrogen-bond donors (Lipinski definition) is 0. The molecule has 0 aliphatic carbocycles. The van der Waals surface area contributed by atoms with Gasteiger partial charge in [-0.25, -0.2) is 4.79 Å². The molecule has 1 rings (SSSR count). The van der Waals surface area contributed by atoms with Crippen molar-refractivity contribution in [2.24, 2.45) is 0 Å². The molecule has 0 amide bonds. The standard InChI is InChI=1S/C15H23NO2/c1-6-16(15(3,4)5)13-10-8-9-12(11-13)14(17)18-7-2/h8-11H,6-7H2,1-5H3. The smallest absolute Gasteiger partial charge is 0.338 e. The molecular formula is C15H23NO2. The Morgan fingerprint density at radius 3 is 2.44 bits per heavy atom. The quantitative estimate of drug-likeness (QED) is 0.765. The van der Waals surface area contributed by atoms with Crippen LogP contribution in [0.4, 0.5) is 5.69 Å². The number of carbonyl (C=O) groups excluding carboxylic acids is 1. The van der Waals surface area contributed by atoms with E-state index in [1.165, 1.54) is 0 Å². The number of benzene rings is 1. The van der Waals surface area contributed by atoms with Crippen molar-refractivity contribution in [3.8, 4) is 0 Å². The second kappa shape index (κ2) is 5.89. The first-order valence-corrected chi connectivity index (χ1v) is 6.45. The second-order valence-corrected chi connectivity index (χ2v) is 5.19. The van der Waals surface area contributed by atoms with Gasteiger partial charge >= 0.3 is 5.97 Å². The van der Waals surface area contributed by atoms with Crippen molar-refractivity contribution in [2.45, 2.75) is 40.2 Å². The lowest BCUT2D eigenvalue weighted by Crippen LogP contribution is -2.41. The van der Waals surface area contributed by atoms with Crippen LogP contribution in [0.3, 0.4) is 0 Å². The molecule has 0 aromatic heterocycles. The van der Waals surface area contributed by atoms with Crippen LogP contribution in [0.25, 0.3) is 0 Å². The Morgan fingerprint density at radius 1 is 1.28 bits per heavy atom. The van der Waals surface area contributed by atoms with Gasteiger partial charge in [0, 0.05) is 17.8 Å². The lowest BCUT2D eigenvalue weighted by molar-refractivity contribution is 0.0526. The molecule has 0 saturated carbocycles. The van der Waals surface area contributed by atoms with E-state index in [2.05, 4.69) is 32.6 Å². The van der Waals surface area contributed by atoms with Crippen molar-refractivity contribution in [2.75, 3.05) is 18.1 Å². The summed E-state index contributed by atoms with van der Waals surface area (Å²) in [6.07, 6.45) is 0. The van der Waals surface area contributed by atoms with E-state index in [4.69, 9.17) is 4.74 Å². The van der Waals surface area contributed by atoms with E-state index in [1.54, 1.807) is 6.07 Å². The summed E-state index contributed by atoms with van der Waals surface area (Å²) in [6, 6.07) is 7.61. The van der Waals surface area contributed by atoms with E-state index in [0.29, 0.717) is 12.2 Å². The van der Waals surface area contributed by atoms with Gasteiger partial charge in [0.1, 0.15) is 0 Å². The van der Waals surface area contributed by atoms with E-state index in [1.807, 2.05) is 25.1 Å². The maximum atomic E-state index is 11.7. The third-order valence-electron chi connectivity index (χ3n) is 2.79. The highest BCUT2D eigenvalue weighted by atomic mass is 16.5. The van der Waals surface area contributed by atoms with Gasteiger partial charge in [-0.05, 0) is 52.8 Å². The van der Waals surface area contributed by atoms with Crippen LogP contribution >= 0.6 is 0 Å². The van der Waals surface area contributed by atoms with Crippen molar-refractivity contribution >= 4 is 11.7 Å². The predicted octanol–water partition coefficient (Wildman–Crippen LogP) is 3.49. The predicted molar refractivity (Wildman–Crippen MR) is 75.2 cm³/mol. The van der Waals surface area contributed by atoms with E-state index in [-0.39, 0.29) is 11.5 Å². The fourth-order valence-electron chi connectivity index (χ4n) is 2.06. The van der Waals surface area contributed by atoms with Crippen LogP contribution in [0.1, 0.15) is 45.0 Å². The molecule has 0 aliphatic heterocycles.